The highest BCUT2D eigenvalue weighted by Gasteiger charge is 2.17. The van der Waals surface area contributed by atoms with Gasteiger partial charge >= 0.3 is 11.9 Å². The maximum atomic E-state index is 12.9. The largest absolute Gasteiger partial charge is 0.462 e. The summed E-state index contributed by atoms with van der Waals surface area (Å²) in [5.74, 6) is -0.456. The van der Waals surface area contributed by atoms with Crippen LogP contribution in [0.15, 0.2) is 134 Å². The average Bonchev–Trinajstić information content (AvgIpc) is 3.38. The highest BCUT2D eigenvalue weighted by molar-refractivity contribution is 5.70. The van der Waals surface area contributed by atoms with Crippen LogP contribution in [0.1, 0.15) is 252 Å². The number of rotatable bonds is 53. The third kappa shape index (κ3) is 58.6. The molecule has 0 N–H and O–H groups in total. The Bertz CT molecular complexity index is 1500. The minimum absolute atomic E-state index is 0.0515. The fourth-order valence-electron chi connectivity index (χ4n) is 7.79. The Morgan fingerprint density at radius 2 is 0.625 bits per heavy atom. The summed E-state index contributed by atoms with van der Waals surface area (Å²) in [5, 5.41) is 0. The van der Waals surface area contributed by atoms with Crippen LogP contribution in [0.2, 0.25) is 0 Å². The molecule has 0 fully saturated rings. The maximum Gasteiger partial charge on any atom is 0.306 e. The molecule has 0 spiro atoms. The van der Waals surface area contributed by atoms with Gasteiger partial charge in [-0.15, -0.1) is 0 Å². The van der Waals surface area contributed by atoms with E-state index >= 15 is 0 Å². The Hall–Kier alpha value is -3.96. The van der Waals surface area contributed by atoms with Crippen LogP contribution < -0.4 is 0 Å². The molecule has 0 aliphatic carbocycles. The van der Waals surface area contributed by atoms with Gasteiger partial charge in [-0.3, -0.25) is 9.59 Å². The van der Waals surface area contributed by atoms with Gasteiger partial charge in [0, 0.05) is 19.4 Å². The molecule has 0 saturated carbocycles. The molecule has 0 aliphatic rings. The molecule has 0 saturated heterocycles. The lowest BCUT2D eigenvalue weighted by atomic mass is 10.1. The molecule has 0 amide bonds. The zero-order valence-corrected chi connectivity index (χ0v) is 46.9. The molecule has 0 aromatic rings. The first kappa shape index (κ1) is 68.0. The van der Waals surface area contributed by atoms with Crippen molar-refractivity contribution >= 4 is 11.9 Å². The third-order valence-electron chi connectivity index (χ3n) is 12.2. The Kier molecular flexibility index (Phi) is 58.0. The number of hydrogen-bond acceptors (Lipinski definition) is 5. The molecule has 0 rings (SSSR count). The highest BCUT2D eigenvalue weighted by Crippen LogP contribution is 2.14. The lowest BCUT2D eigenvalue weighted by Crippen LogP contribution is -2.30. The Morgan fingerprint density at radius 1 is 0.319 bits per heavy atom. The number of allylic oxidation sites excluding steroid dienone is 22. The molecular weight excluding hydrogens is 885 g/mol. The molecule has 0 radical (unpaired) electrons. The van der Waals surface area contributed by atoms with E-state index < -0.39 is 6.10 Å². The summed E-state index contributed by atoms with van der Waals surface area (Å²) >= 11 is 0. The number of unbranched alkanes of at least 4 members (excludes halogenated alkanes) is 20. The first-order chi connectivity index (χ1) is 35.6. The normalized spacial score (nSPS) is 13.2. The molecule has 72 heavy (non-hydrogen) atoms. The van der Waals surface area contributed by atoms with E-state index in [2.05, 4.69) is 154 Å². The van der Waals surface area contributed by atoms with E-state index in [0.29, 0.717) is 19.4 Å². The van der Waals surface area contributed by atoms with E-state index in [-0.39, 0.29) is 25.2 Å². The van der Waals surface area contributed by atoms with E-state index in [1.807, 2.05) is 0 Å². The molecule has 5 heteroatoms. The van der Waals surface area contributed by atoms with Gasteiger partial charge in [0.2, 0.25) is 0 Å². The minimum atomic E-state index is -0.572. The van der Waals surface area contributed by atoms with E-state index in [1.165, 1.54) is 89.9 Å². The summed E-state index contributed by atoms with van der Waals surface area (Å²) in [4.78, 5) is 25.6. The van der Waals surface area contributed by atoms with Gasteiger partial charge in [-0.05, 0) is 135 Å². The van der Waals surface area contributed by atoms with Crippen LogP contribution >= 0.6 is 0 Å². The predicted octanol–water partition coefficient (Wildman–Crippen LogP) is 20.7. The summed E-state index contributed by atoms with van der Waals surface area (Å²) in [6.07, 6.45) is 87.6. The predicted molar refractivity (Wildman–Crippen MR) is 315 cm³/mol. The van der Waals surface area contributed by atoms with Crippen LogP contribution in [0.4, 0.5) is 0 Å². The first-order valence-electron chi connectivity index (χ1n) is 29.7. The van der Waals surface area contributed by atoms with Crippen LogP contribution in [-0.2, 0) is 23.8 Å². The summed E-state index contributed by atoms with van der Waals surface area (Å²) < 4.78 is 17.5. The van der Waals surface area contributed by atoms with Crippen LogP contribution in [0.5, 0.6) is 0 Å². The van der Waals surface area contributed by atoms with Gasteiger partial charge in [0.25, 0.3) is 0 Å². The summed E-state index contributed by atoms with van der Waals surface area (Å²) in [7, 11) is 0. The second kappa shape index (κ2) is 61.3. The summed E-state index contributed by atoms with van der Waals surface area (Å²) in [6, 6.07) is 0. The minimum Gasteiger partial charge on any atom is -0.462 e. The monoisotopic (exact) mass is 995 g/mol. The van der Waals surface area contributed by atoms with Crippen molar-refractivity contribution in [3.63, 3.8) is 0 Å². The zero-order valence-electron chi connectivity index (χ0n) is 46.9. The number of ether oxygens (including phenoxy) is 3. The molecule has 0 aliphatic heterocycles. The average molecular weight is 996 g/mol. The first-order valence-corrected chi connectivity index (χ1v) is 29.7. The van der Waals surface area contributed by atoms with Gasteiger partial charge in [0.1, 0.15) is 6.61 Å². The van der Waals surface area contributed by atoms with Gasteiger partial charge in [0.05, 0.1) is 6.61 Å². The zero-order chi connectivity index (χ0) is 52.0. The fourth-order valence-corrected chi connectivity index (χ4v) is 7.79. The van der Waals surface area contributed by atoms with E-state index in [4.69, 9.17) is 14.2 Å². The van der Waals surface area contributed by atoms with Crippen molar-refractivity contribution in [2.75, 3.05) is 19.8 Å². The lowest BCUT2D eigenvalue weighted by molar-refractivity contribution is -0.163. The SMILES string of the molecule is CC/C=C\C/C=C\C/C=C\C/C=C\C/C=C\CCCCCC(=O)OCC(COCCCCCCCCC/C=C\C/C=C\C/C=C\CCCCC)OC(=O)CCCCCCCCC/C=C\C/C=C\C/C=C\CC. The van der Waals surface area contributed by atoms with Crippen LogP contribution in [-0.4, -0.2) is 37.9 Å². The second-order valence-electron chi connectivity index (χ2n) is 19.1. The number of carbonyl (C=O) groups excluding carboxylic acids is 2. The number of esters is 2. The van der Waals surface area contributed by atoms with Gasteiger partial charge in [-0.1, -0.05) is 238 Å². The Morgan fingerprint density at radius 3 is 1.01 bits per heavy atom. The Labute approximate surface area is 445 Å². The number of carbonyl (C=O) groups is 2. The van der Waals surface area contributed by atoms with Gasteiger partial charge < -0.3 is 14.2 Å². The molecule has 408 valence electrons. The standard InChI is InChI=1S/C67H110O5/c1-4-7-10-13-16-19-22-25-28-31-33-35-38-41-44-47-50-53-56-59-62-70-63-65(72-67(69)61-58-55-52-49-46-43-40-36-30-27-24-21-18-15-12-9-6-3)64-71-66(68)60-57-54-51-48-45-42-39-37-34-32-29-26-23-20-17-14-11-8-5-2/h8-9,11-12,16-21,25-30,33-35,37,42,45,65H,4-7,10,13-15,22-24,31-32,36,38-41,43-44,46-64H2,1-3H3/b11-8-,12-9-,19-16-,20-17-,21-18-,28-25-,29-26-,30-27-,35-33-,37-34-,45-42-. The van der Waals surface area contributed by atoms with Crippen molar-refractivity contribution in [2.45, 2.75) is 258 Å². The second-order valence-corrected chi connectivity index (χ2v) is 19.1. The van der Waals surface area contributed by atoms with Crippen molar-refractivity contribution in [1.82, 2.24) is 0 Å². The molecule has 0 bridgehead atoms. The third-order valence-corrected chi connectivity index (χ3v) is 12.2. The summed E-state index contributed by atoms with van der Waals surface area (Å²) in [6.45, 7) is 7.51. The van der Waals surface area contributed by atoms with Crippen molar-refractivity contribution in [3.8, 4) is 0 Å². The van der Waals surface area contributed by atoms with Crippen LogP contribution in [0.3, 0.4) is 0 Å². The van der Waals surface area contributed by atoms with Crippen LogP contribution in [0.25, 0.3) is 0 Å². The van der Waals surface area contributed by atoms with Gasteiger partial charge in [-0.25, -0.2) is 0 Å². The van der Waals surface area contributed by atoms with Gasteiger partial charge in [-0.2, -0.15) is 0 Å². The maximum absolute atomic E-state index is 12.9. The number of hydrogen-bond donors (Lipinski definition) is 0. The van der Waals surface area contributed by atoms with Crippen LogP contribution in [0, 0.1) is 0 Å². The van der Waals surface area contributed by atoms with Crippen molar-refractivity contribution < 1.29 is 23.8 Å². The summed E-state index contributed by atoms with van der Waals surface area (Å²) in [5.41, 5.74) is 0. The smallest absolute Gasteiger partial charge is 0.306 e. The quantitative estimate of drug-likeness (QED) is 0.0345. The lowest BCUT2D eigenvalue weighted by Gasteiger charge is -2.18. The molecule has 5 nitrogen and oxygen atoms in total. The van der Waals surface area contributed by atoms with Crippen molar-refractivity contribution in [3.05, 3.63) is 134 Å². The topological polar surface area (TPSA) is 61.8 Å². The van der Waals surface area contributed by atoms with E-state index in [9.17, 15) is 9.59 Å². The fraction of sp³-hybridized carbons (Fsp3) is 0.642. The molecule has 1 unspecified atom stereocenters. The van der Waals surface area contributed by atoms with E-state index in [0.717, 1.165) is 128 Å². The molecule has 0 aromatic heterocycles. The highest BCUT2D eigenvalue weighted by atomic mass is 16.6. The Balaban J connectivity index is 4.41. The van der Waals surface area contributed by atoms with Crippen molar-refractivity contribution in [2.24, 2.45) is 0 Å². The van der Waals surface area contributed by atoms with E-state index in [1.54, 1.807) is 0 Å². The molecular formula is C67H110O5. The molecule has 0 heterocycles. The molecule has 1 atom stereocenters. The molecule has 0 aromatic carbocycles. The van der Waals surface area contributed by atoms with Gasteiger partial charge in [0.15, 0.2) is 6.10 Å². The van der Waals surface area contributed by atoms with Crippen molar-refractivity contribution in [1.29, 1.82) is 0 Å².